The Labute approximate surface area is 115 Å². The van der Waals surface area contributed by atoms with Gasteiger partial charge in [-0.15, -0.1) is 0 Å². The molecule has 20 heavy (non-hydrogen) atoms. The zero-order chi connectivity index (χ0) is 14.5. The normalized spacial score (nSPS) is 10.4. The van der Waals surface area contributed by atoms with Gasteiger partial charge in [-0.2, -0.15) is 5.48 Å². The second-order valence-electron chi connectivity index (χ2n) is 4.35. The molecule has 0 saturated carbocycles. The molecule has 5 heteroatoms. The van der Waals surface area contributed by atoms with E-state index in [9.17, 15) is 9.59 Å². The molecule has 0 spiro atoms. The average molecular weight is 273 g/mol. The molecule has 0 unspecified atom stereocenters. The summed E-state index contributed by atoms with van der Waals surface area (Å²) in [5.41, 5.74) is 4.62. The third-order valence-corrected chi connectivity index (χ3v) is 2.87. The lowest BCUT2D eigenvalue weighted by Crippen LogP contribution is -2.21. The number of rotatable bonds is 5. The second kappa shape index (κ2) is 6.16. The SMILES string of the molecule is C=CC(=O)ONCCc1ccc2c(C)cc(=O)oc2c1. The average Bonchev–Trinajstić information content (AvgIpc) is 2.42. The number of hydroxylamine groups is 1. The number of fused-ring (bicyclic) bond motifs is 1. The summed E-state index contributed by atoms with van der Waals surface area (Å²) in [6.07, 6.45) is 1.72. The number of hydrogen-bond donors (Lipinski definition) is 1. The van der Waals surface area contributed by atoms with E-state index in [4.69, 9.17) is 4.42 Å². The van der Waals surface area contributed by atoms with Gasteiger partial charge in [0.15, 0.2) is 0 Å². The van der Waals surface area contributed by atoms with Crippen molar-refractivity contribution in [3.8, 4) is 0 Å². The summed E-state index contributed by atoms with van der Waals surface area (Å²) in [6, 6.07) is 7.16. The van der Waals surface area contributed by atoms with Crippen LogP contribution in [0.4, 0.5) is 0 Å². The summed E-state index contributed by atoms with van der Waals surface area (Å²) < 4.78 is 5.17. The van der Waals surface area contributed by atoms with E-state index in [1.807, 2.05) is 25.1 Å². The number of hydrogen-bond acceptors (Lipinski definition) is 5. The van der Waals surface area contributed by atoms with Crippen LogP contribution in [0.25, 0.3) is 11.0 Å². The number of benzene rings is 1. The summed E-state index contributed by atoms with van der Waals surface area (Å²) in [4.78, 5) is 26.8. The molecule has 2 aromatic rings. The molecule has 1 N–H and O–H groups in total. The molecule has 0 saturated heterocycles. The molecular weight excluding hydrogens is 258 g/mol. The molecule has 1 heterocycles. The van der Waals surface area contributed by atoms with Crippen LogP contribution in [0.2, 0.25) is 0 Å². The van der Waals surface area contributed by atoms with Crippen molar-refractivity contribution >= 4 is 16.9 Å². The third kappa shape index (κ3) is 3.33. The minimum Gasteiger partial charge on any atom is -0.423 e. The first kappa shape index (κ1) is 14.0. The molecule has 2 rings (SSSR count). The lowest BCUT2D eigenvalue weighted by molar-refractivity contribution is -0.144. The van der Waals surface area contributed by atoms with Crippen molar-refractivity contribution < 1.29 is 14.0 Å². The van der Waals surface area contributed by atoms with Crippen molar-refractivity contribution in [1.82, 2.24) is 5.48 Å². The molecular formula is C15H15NO4. The van der Waals surface area contributed by atoms with Crippen molar-refractivity contribution in [1.29, 1.82) is 0 Å². The van der Waals surface area contributed by atoms with Crippen LogP contribution in [-0.2, 0) is 16.1 Å². The molecule has 0 radical (unpaired) electrons. The summed E-state index contributed by atoms with van der Waals surface area (Å²) in [5, 5.41) is 0.916. The van der Waals surface area contributed by atoms with Gasteiger partial charge >= 0.3 is 11.6 Å². The van der Waals surface area contributed by atoms with Crippen molar-refractivity contribution in [3.05, 3.63) is 58.5 Å². The molecule has 5 nitrogen and oxygen atoms in total. The van der Waals surface area contributed by atoms with Crippen LogP contribution >= 0.6 is 0 Å². The fraction of sp³-hybridized carbons (Fsp3) is 0.200. The van der Waals surface area contributed by atoms with E-state index in [0.717, 1.165) is 22.6 Å². The predicted octanol–water partition coefficient (Wildman–Crippen LogP) is 1.88. The topological polar surface area (TPSA) is 68.5 Å². The number of carbonyl (C=O) groups is 1. The standard InChI is InChI=1S/C15H15NO4/c1-3-14(17)20-16-7-6-11-4-5-12-10(2)8-15(18)19-13(12)9-11/h3-5,8-9,16H,1,6-7H2,2H3. The maximum Gasteiger partial charge on any atom is 0.348 e. The minimum atomic E-state index is -0.523. The van der Waals surface area contributed by atoms with E-state index >= 15 is 0 Å². The Balaban J connectivity index is 2.06. The van der Waals surface area contributed by atoms with Crippen LogP contribution in [0.3, 0.4) is 0 Å². The van der Waals surface area contributed by atoms with Crippen molar-refractivity contribution in [2.24, 2.45) is 0 Å². The van der Waals surface area contributed by atoms with Gasteiger partial charge in [0.1, 0.15) is 5.58 Å². The van der Waals surface area contributed by atoms with Gasteiger partial charge < -0.3 is 9.25 Å². The first-order chi connectivity index (χ1) is 9.60. The van der Waals surface area contributed by atoms with Gasteiger partial charge in [-0.25, -0.2) is 9.59 Å². The highest BCUT2D eigenvalue weighted by molar-refractivity contribution is 5.81. The molecule has 0 aliphatic carbocycles. The van der Waals surface area contributed by atoms with Crippen LogP contribution < -0.4 is 11.1 Å². The summed E-state index contributed by atoms with van der Waals surface area (Å²) in [5.74, 6) is -0.523. The van der Waals surface area contributed by atoms with Gasteiger partial charge in [0, 0.05) is 24.1 Å². The monoisotopic (exact) mass is 273 g/mol. The van der Waals surface area contributed by atoms with Crippen molar-refractivity contribution in [2.45, 2.75) is 13.3 Å². The molecule has 0 bridgehead atoms. The summed E-state index contributed by atoms with van der Waals surface area (Å²) >= 11 is 0. The smallest absolute Gasteiger partial charge is 0.348 e. The maximum atomic E-state index is 11.3. The van der Waals surface area contributed by atoms with Crippen molar-refractivity contribution in [3.63, 3.8) is 0 Å². The molecule has 0 fully saturated rings. The summed E-state index contributed by atoms with van der Waals surface area (Å²) in [6.45, 7) is 5.62. The number of carbonyl (C=O) groups excluding carboxylic acids is 1. The second-order valence-corrected chi connectivity index (χ2v) is 4.35. The van der Waals surface area contributed by atoms with E-state index in [2.05, 4.69) is 16.9 Å². The summed E-state index contributed by atoms with van der Waals surface area (Å²) in [7, 11) is 0. The van der Waals surface area contributed by atoms with Gasteiger partial charge in [0.05, 0.1) is 0 Å². The van der Waals surface area contributed by atoms with Gasteiger partial charge in [-0.3, -0.25) is 0 Å². The molecule has 0 atom stereocenters. The fourth-order valence-corrected chi connectivity index (χ4v) is 1.88. The van der Waals surface area contributed by atoms with Crippen molar-refractivity contribution in [2.75, 3.05) is 6.54 Å². The van der Waals surface area contributed by atoms with Crippen LogP contribution in [0.15, 0.2) is 46.1 Å². The van der Waals surface area contributed by atoms with E-state index in [1.54, 1.807) is 0 Å². The molecule has 0 aliphatic rings. The Morgan fingerprint density at radius 1 is 1.45 bits per heavy atom. The van der Waals surface area contributed by atoms with Crippen LogP contribution in [-0.4, -0.2) is 12.5 Å². The van der Waals surface area contributed by atoms with Gasteiger partial charge in [0.2, 0.25) is 0 Å². The zero-order valence-corrected chi connectivity index (χ0v) is 11.1. The Morgan fingerprint density at radius 2 is 2.25 bits per heavy atom. The van der Waals surface area contributed by atoms with Crippen LogP contribution in [0.5, 0.6) is 0 Å². The number of nitrogens with one attached hydrogen (secondary N) is 1. The lowest BCUT2D eigenvalue weighted by atomic mass is 10.1. The molecule has 104 valence electrons. The largest absolute Gasteiger partial charge is 0.423 e. The highest BCUT2D eigenvalue weighted by Crippen LogP contribution is 2.18. The molecule has 0 aliphatic heterocycles. The molecule has 1 aromatic carbocycles. The Bertz CT molecular complexity index is 703. The first-order valence-electron chi connectivity index (χ1n) is 6.19. The zero-order valence-electron chi connectivity index (χ0n) is 11.1. The first-order valence-corrected chi connectivity index (χ1v) is 6.19. The van der Waals surface area contributed by atoms with Crippen LogP contribution in [0.1, 0.15) is 11.1 Å². The highest BCUT2D eigenvalue weighted by atomic mass is 16.7. The Morgan fingerprint density at radius 3 is 3.00 bits per heavy atom. The minimum absolute atomic E-state index is 0.356. The van der Waals surface area contributed by atoms with Crippen LogP contribution in [0, 0.1) is 6.92 Å². The van der Waals surface area contributed by atoms with Gasteiger partial charge in [-0.1, -0.05) is 18.7 Å². The van der Waals surface area contributed by atoms with E-state index in [-0.39, 0.29) is 5.63 Å². The third-order valence-electron chi connectivity index (χ3n) is 2.87. The van der Waals surface area contributed by atoms with Gasteiger partial charge in [0.25, 0.3) is 0 Å². The number of aryl methyl sites for hydroxylation is 1. The lowest BCUT2D eigenvalue weighted by Gasteiger charge is -2.05. The Hall–Kier alpha value is -2.40. The molecule has 1 aromatic heterocycles. The van der Waals surface area contributed by atoms with E-state index in [1.165, 1.54) is 6.07 Å². The molecule has 0 amide bonds. The Kier molecular flexibility index (Phi) is 4.32. The highest BCUT2D eigenvalue weighted by Gasteiger charge is 2.03. The van der Waals surface area contributed by atoms with Gasteiger partial charge in [-0.05, 0) is 30.5 Å². The fourth-order valence-electron chi connectivity index (χ4n) is 1.88. The maximum absolute atomic E-state index is 11.3. The van der Waals surface area contributed by atoms with E-state index in [0.29, 0.717) is 18.5 Å². The predicted molar refractivity (Wildman–Crippen MR) is 75.2 cm³/mol. The quantitative estimate of drug-likeness (QED) is 0.390. The van der Waals surface area contributed by atoms with E-state index < -0.39 is 5.97 Å².